The number of carboxylic acid groups (broad SMARTS) is 1. The van der Waals surface area contributed by atoms with Crippen molar-refractivity contribution in [3.05, 3.63) is 47.7 Å². The number of carbonyl (C=O) groups is 2. The third-order valence-electron chi connectivity index (χ3n) is 5.29. The third-order valence-corrected chi connectivity index (χ3v) is 5.29. The van der Waals surface area contributed by atoms with E-state index in [4.69, 9.17) is 4.98 Å². The van der Waals surface area contributed by atoms with E-state index in [0.717, 1.165) is 24.0 Å². The van der Waals surface area contributed by atoms with Gasteiger partial charge in [-0.15, -0.1) is 0 Å². The standard InChI is InChI=1S/C22H24N4O3/c1-12(2)26-20-17(11-23-26)16(21(27)25-19(22(28)29)15-8-9-15)10-18(24-20)14-6-4-13(3)5-7-14/h4-7,10-12,15,19H,8-9H2,1-3H3,(H,25,27)(H,28,29). The van der Waals surface area contributed by atoms with Crippen LogP contribution in [0.5, 0.6) is 0 Å². The van der Waals surface area contributed by atoms with Gasteiger partial charge in [0.1, 0.15) is 6.04 Å². The Balaban J connectivity index is 1.82. The number of hydrogen-bond acceptors (Lipinski definition) is 4. The van der Waals surface area contributed by atoms with E-state index in [0.29, 0.717) is 22.3 Å². The van der Waals surface area contributed by atoms with Crippen LogP contribution in [0.2, 0.25) is 0 Å². The van der Waals surface area contributed by atoms with Gasteiger partial charge in [-0.25, -0.2) is 14.5 Å². The monoisotopic (exact) mass is 392 g/mol. The number of nitrogens with zero attached hydrogens (tertiary/aromatic N) is 3. The normalized spacial score (nSPS) is 14.9. The van der Waals surface area contributed by atoms with Crippen LogP contribution in [-0.2, 0) is 4.79 Å². The molecule has 4 rings (SSSR count). The van der Waals surface area contributed by atoms with Gasteiger partial charge < -0.3 is 10.4 Å². The lowest BCUT2D eigenvalue weighted by Crippen LogP contribution is -2.42. The number of pyridine rings is 1. The second kappa shape index (κ2) is 7.31. The van der Waals surface area contributed by atoms with Gasteiger partial charge in [-0.1, -0.05) is 29.8 Å². The van der Waals surface area contributed by atoms with Crippen LogP contribution in [0.15, 0.2) is 36.5 Å². The van der Waals surface area contributed by atoms with Crippen molar-refractivity contribution in [1.29, 1.82) is 0 Å². The van der Waals surface area contributed by atoms with Crippen LogP contribution in [0, 0.1) is 12.8 Å². The maximum atomic E-state index is 13.1. The summed E-state index contributed by atoms with van der Waals surface area (Å²) in [6, 6.07) is 8.84. The predicted octanol–water partition coefficient (Wildman–Crippen LogP) is 3.58. The lowest BCUT2D eigenvalue weighted by atomic mass is 10.0. The maximum absolute atomic E-state index is 13.1. The highest BCUT2D eigenvalue weighted by atomic mass is 16.4. The highest BCUT2D eigenvalue weighted by Crippen LogP contribution is 2.33. The zero-order valence-corrected chi connectivity index (χ0v) is 16.7. The van der Waals surface area contributed by atoms with Gasteiger partial charge in [0, 0.05) is 11.6 Å². The van der Waals surface area contributed by atoms with E-state index in [2.05, 4.69) is 10.4 Å². The highest BCUT2D eigenvalue weighted by Gasteiger charge is 2.37. The number of aliphatic carboxylic acids is 1. The summed E-state index contributed by atoms with van der Waals surface area (Å²) in [6.45, 7) is 6.01. The molecule has 7 nitrogen and oxygen atoms in total. The van der Waals surface area contributed by atoms with Gasteiger partial charge in [-0.3, -0.25) is 4.79 Å². The first-order chi connectivity index (χ1) is 13.8. The number of benzene rings is 1. The summed E-state index contributed by atoms with van der Waals surface area (Å²) in [4.78, 5) is 29.4. The highest BCUT2D eigenvalue weighted by molar-refractivity contribution is 6.07. The molecule has 1 unspecified atom stereocenters. The Morgan fingerprint density at radius 3 is 2.48 bits per heavy atom. The second-order valence-corrected chi connectivity index (χ2v) is 7.97. The number of aryl methyl sites for hydroxylation is 1. The molecule has 1 aliphatic rings. The van der Waals surface area contributed by atoms with Crippen LogP contribution in [0.3, 0.4) is 0 Å². The van der Waals surface area contributed by atoms with Crippen LogP contribution in [-0.4, -0.2) is 37.8 Å². The number of carbonyl (C=O) groups excluding carboxylic acids is 1. The molecule has 0 radical (unpaired) electrons. The van der Waals surface area contributed by atoms with E-state index in [1.165, 1.54) is 0 Å². The number of fused-ring (bicyclic) bond motifs is 1. The molecule has 0 bridgehead atoms. The Labute approximate surface area is 168 Å². The molecule has 1 aliphatic carbocycles. The van der Waals surface area contributed by atoms with Crippen molar-refractivity contribution in [2.45, 2.75) is 45.7 Å². The lowest BCUT2D eigenvalue weighted by Gasteiger charge is -2.15. The Bertz CT molecular complexity index is 1080. The van der Waals surface area contributed by atoms with Crippen LogP contribution < -0.4 is 5.32 Å². The quantitative estimate of drug-likeness (QED) is 0.668. The topological polar surface area (TPSA) is 97.1 Å². The average molecular weight is 392 g/mol. The van der Waals surface area contributed by atoms with Crippen molar-refractivity contribution in [2.24, 2.45) is 5.92 Å². The van der Waals surface area contributed by atoms with Gasteiger partial charge in [0.25, 0.3) is 5.91 Å². The molecule has 1 atom stereocenters. The average Bonchev–Trinajstić information content (AvgIpc) is 3.43. The van der Waals surface area contributed by atoms with Gasteiger partial charge in [0.2, 0.25) is 0 Å². The van der Waals surface area contributed by atoms with E-state index in [9.17, 15) is 14.7 Å². The van der Waals surface area contributed by atoms with Crippen molar-refractivity contribution < 1.29 is 14.7 Å². The summed E-state index contributed by atoms with van der Waals surface area (Å²) in [6.07, 6.45) is 3.27. The molecular formula is C22H24N4O3. The Hall–Kier alpha value is -3.22. The van der Waals surface area contributed by atoms with E-state index >= 15 is 0 Å². The Morgan fingerprint density at radius 1 is 1.21 bits per heavy atom. The second-order valence-electron chi connectivity index (χ2n) is 7.97. The van der Waals surface area contributed by atoms with Crippen LogP contribution >= 0.6 is 0 Å². The molecule has 3 aromatic rings. The molecule has 0 saturated heterocycles. The van der Waals surface area contributed by atoms with Crippen molar-refractivity contribution >= 4 is 22.9 Å². The molecule has 1 amide bonds. The number of rotatable bonds is 6. The number of aromatic nitrogens is 3. The van der Waals surface area contributed by atoms with Gasteiger partial charge in [-0.05, 0) is 45.6 Å². The minimum absolute atomic E-state index is 0.00346. The minimum Gasteiger partial charge on any atom is -0.480 e. The fourth-order valence-electron chi connectivity index (χ4n) is 3.49. The van der Waals surface area contributed by atoms with Gasteiger partial charge >= 0.3 is 5.97 Å². The molecule has 1 aromatic carbocycles. The molecule has 1 saturated carbocycles. The first kappa shape index (κ1) is 19.1. The fourth-order valence-corrected chi connectivity index (χ4v) is 3.49. The molecular weight excluding hydrogens is 368 g/mol. The Morgan fingerprint density at radius 2 is 1.90 bits per heavy atom. The lowest BCUT2D eigenvalue weighted by molar-refractivity contribution is -0.139. The molecule has 7 heteroatoms. The van der Waals surface area contributed by atoms with Crippen molar-refractivity contribution in [1.82, 2.24) is 20.1 Å². The number of carboxylic acids is 1. The molecule has 150 valence electrons. The summed E-state index contributed by atoms with van der Waals surface area (Å²) in [5.41, 5.74) is 3.68. The number of hydrogen-bond donors (Lipinski definition) is 2. The molecule has 0 spiro atoms. The largest absolute Gasteiger partial charge is 0.480 e. The van der Waals surface area contributed by atoms with Crippen molar-refractivity contribution in [2.75, 3.05) is 0 Å². The fraction of sp³-hybridized carbons (Fsp3) is 0.364. The van der Waals surface area contributed by atoms with Crippen molar-refractivity contribution in [3.63, 3.8) is 0 Å². The van der Waals surface area contributed by atoms with E-state index < -0.39 is 17.9 Å². The van der Waals surface area contributed by atoms with Crippen molar-refractivity contribution in [3.8, 4) is 11.3 Å². The minimum atomic E-state index is -0.997. The summed E-state index contributed by atoms with van der Waals surface area (Å²) in [5, 5.41) is 17.2. The molecule has 0 aliphatic heterocycles. The van der Waals surface area contributed by atoms with Crippen LogP contribution in [0.25, 0.3) is 22.3 Å². The van der Waals surface area contributed by atoms with Gasteiger partial charge in [-0.2, -0.15) is 5.10 Å². The molecule has 1 fully saturated rings. The zero-order chi connectivity index (χ0) is 20.7. The van der Waals surface area contributed by atoms with E-state index in [1.54, 1.807) is 16.9 Å². The number of amides is 1. The predicted molar refractivity (Wildman–Crippen MR) is 110 cm³/mol. The smallest absolute Gasteiger partial charge is 0.326 e. The summed E-state index contributed by atoms with van der Waals surface area (Å²) in [7, 11) is 0. The van der Waals surface area contributed by atoms with Crippen LogP contribution in [0.4, 0.5) is 0 Å². The summed E-state index contributed by atoms with van der Waals surface area (Å²) >= 11 is 0. The van der Waals surface area contributed by atoms with Crippen LogP contribution in [0.1, 0.15) is 48.7 Å². The van der Waals surface area contributed by atoms with Gasteiger partial charge in [0.05, 0.1) is 22.8 Å². The zero-order valence-electron chi connectivity index (χ0n) is 16.7. The first-order valence-electron chi connectivity index (χ1n) is 9.84. The van der Waals surface area contributed by atoms with E-state index in [1.807, 2.05) is 45.0 Å². The van der Waals surface area contributed by atoms with E-state index in [-0.39, 0.29) is 12.0 Å². The number of nitrogens with one attached hydrogen (secondary N) is 1. The summed E-state index contributed by atoms with van der Waals surface area (Å²) in [5.74, 6) is -1.40. The molecule has 2 heterocycles. The molecule has 29 heavy (non-hydrogen) atoms. The first-order valence-corrected chi connectivity index (χ1v) is 9.84. The molecule has 2 N–H and O–H groups in total. The van der Waals surface area contributed by atoms with Gasteiger partial charge in [0.15, 0.2) is 5.65 Å². The maximum Gasteiger partial charge on any atom is 0.326 e. The Kier molecular flexibility index (Phi) is 4.82. The summed E-state index contributed by atoms with van der Waals surface area (Å²) < 4.78 is 1.78. The molecule has 2 aromatic heterocycles. The SMILES string of the molecule is Cc1ccc(-c2cc(C(=O)NC(C(=O)O)C3CC3)c3cnn(C(C)C)c3n2)cc1. The third kappa shape index (κ3) is 3.72.